The maximum Gasteiger partial charge on any atom is 0.256 e. The normalized spacial score (nSPS) is 21.8. The van der Waals surface area contributed by atoms with Crippen molar-refractivity contribution in [3.05, 3.63) is 48.5 Å². The Kier molecular flexibility index (Phi) is 8.58. The van der Waals surface area contributed by atoms with Crippen molar-refractivity contribution in [1.29, 1.82) is 5.26 Å². The number of benzene rings is 1. The molecule has 12 heteroatoms. The first kappa shape index (κ1) is 32.0. The summed E-state index contributed by atoms with van der Waals surface area (Å²) in [5.41, 5.74) is 0.112. The van der Waals surface area contributed by atoms with E-state index in [2.05, 4.69) is 94.1 Å². The van der Waals surface area contributed by atoms with E-state index in [0.29, 0.717) is 29.0 Å². The molecule has 226 valence electrons. The smallest absolute Gasteiger partial charge is 0.256 e. The molecule has 0 bridgehead atoms. The molecule has 2 aromatic heterocycles. The topological polar surface area (TPSA) is 124 Å². The zero-order chi connectivity index (χ0) is 31.1. The Balaban J connectivity index is 1.68. The van der Waals surface area contributed by atoms with Crippen molar-refractivity contribution in [1.82, 2.24) is 19.5 Å². The summed E-state index contributed by atoms with van der Waals surface area (Å²) in [4.78, 5) is 26.1. The van der Waals surface area contributed by atoms with Gasteiger partial charge in [0, 0.05) is 12.0 Å². The Morgan fingerprint density at radius 1 is 1.07 bits per heavy atom. The van der Waals surface area contributed by atoms with Gasteiger partial charge in [0.15, 0.2) is 33.6 Å². The van der Waals surface area contributed by atoms with Gasteiger partial charge in [-0.2, -0.15) is 5.26 Å². The van der Waals surface area contributed by atoms with Gasteiger partial charge in [-0.3, -0.25) is 9.36 Å². The van der Waals surface area contributed by atoms with Crippen molar-refractivity contribution >= 4 is 39.5 Å². The Morgan fingerprint density at radius 2 is 1.71 bits per heavy atom. The van der Waals surface area contributed by atoms with Crippen LogP contribution < -0.4 is 5.32 Å². The van der Waals surface area contributed by atoms with E-state index < -0.39 is 34.6 Å². The van der Waals surface area contributed by atoms with E-state index in [-0.39, 0.29) is 22.6 Å². The fourth-order valence-corrected chi connectivity index (χ4v) is 6.63. The van der Waals surface area contributed by atoms with Crippen molar-refractivity contribution in [3.8, 4) is 6.07 Å². The molecule has 1 amide bonds. The minimum absolute atomic E-state index is 0.0323. The van der Waals surface area contributed by atoms with Gasteiger partial charge in [0.05, 0.1) is 19.0 Å². The second kappa shape index (κ2) is 11.3. The van der Waals surface area contributed by atoms with Crippen molar-refractivity contribution in [2.45, 2.75) is 102 Å². The molecule has 4 rings (SSSR count). The number of hydrogen-bond acceptors (Lipinski definition) is 8. The number of aromatic nitrogens is 4. The van der Waals surface area contributed by atoms with Crippen LogP contribution in [0.1, 0.15) is 64.5 Å². The molecule has 0 radical (unpaired) electrons. The van der Waals surface area contributed by atoms with Gasteiger partial charge in [-0.25, -0.2) is 15.0 Å². The summed E-state index contributed by atoms with van der Waals surface area (Å²) in [6.07, 6.45) is 2.32. The predicted molar refractivity (Wildman–Crippen MR) is 168 cm³/mol. The zero-order valence-corrected chi connectivity index (χ0v) is 28.5. The molecule has 0 unspecified atom stereocenters. The standard InChI is InChI=1S/C30H44N6O4Si2/c1-28(2,3)41(7,8)38-18-30(17-31)22(40-42(9,10)29(4,5)6)16-23(39-30)36-20-34-24-25(32-19-33-26(24)36)35-27(37)21-14-12-11-13-15-21/h11-15,19-20,22-23H,16,18H2,1-10H3,(H,32,33,35,37)/t22-,23+,30+/m0/s1. The van der Waals surface area contributed by atoms with E-state index in [1.165, 1.54) is 6.33 Å². The minimum Gasteiger partial charge on any atom is -0.413 e. The third kappa shape index (κ3) is 6.21. The summed E-state index contributed by atoms with van der Waals surface area (Å²) in [5, 5.41) is 13.4. The summed E-state index contributed by atoms with van der Waals surface area (Å²) in [6, 6.07) is 11.4. The van der Waals surface area contributed by atoms with Gasteiger partial charge in [0.25, 0.3) is 5.91 Å². The first-order chi connectivity index (χ1) is 19.4. The number of fused-ring (bicyclic) bond motifs is 1. The molecule has 3 atom stereocenters. The Morgan fingerprint density at radius 3 is 2.31 bits per heavy atom. The molecule has 10 nitrogen and oxygen atoms in total. The van der Waals surface area contributed by atoms with Crippen LogP contribution in [0.4, 0.5) is 5.82 Å². The monoisotopic (exact) mass is 608 g/mol. The molecule has 3 heterocycles. The lowest BCUT2D eigenvalue weighted by atomic mass is 10.00. The first-order valence-electron chi connectivity index (χ1n) is 14.4. The molecule has 1 aromatic carbocycles. The minimum atomic E-state index is -2.29. The van der Waals surface area contributed by atoms with Crippen LogP contribution in [0.25, 0.3) is 11.2 Å². The Labute approximate surface area is 251 Å². The van der Waals surface area contributed by atoms with Crippen LogP contribution in [0.15, 0.2) is 43.0 Å². The van der Waals surface area contributed by atoms with Gasteiger partial charge in [-0.15, -0.1) is 0 Å². The number of carbonyl (C=O) groups excluding carboxylic acids is 1. The van der Waals surface area contributed by atoms with Crippen molar-refractivity contribution < 1.29 is 18.4 Å². The van der Waals surface area contributed by atoms with Crippen molar-refractivity contribution in [2.75, 3.05) is 11.9 Å². The highest BCUT2D eigenvalue weighted by atomic mass is 28.4. The van der Waals surface area contributed by atoms with Gasteiger partial charge < -0.3 is 18.9 Å². The van der Waals surface area contributed by atoms with Crippen LogP contribution in [-0.4, -0.2) is 60.4 Å². The zero-order valence-electron chi connectivity index (χ0n) is 26.5. The number of ether oxygens (including phenoxy) is 1. The van der Waals surface area contributed by atoms with Gasteiger partial charge in [-0.05, 0) is 48.4 Å². The van der Waals surface area contributed by atoms with E-state index in [0.717, 1.165) is 0 Å². The molecular formula is C30H44N6O4Si2. The second-order valence-corrected chi connectivity index (χ2v) is 23.7. The molecule has 1 N–H and O–H groups in total. The lowest BCUT2D eigenvalue weighted by molar-refractivity contribution is -0.0851. The van der Waals surface area contributed by atoms with E-state index in [1.807, 2.05) is 6.07 Å². The second-order valence-electron chi connectivity index (χ2n) is 14.1. The van der Waals surface area contributed by atoms with E-state index in [4.69, 9.17) is 13.6 Å². The number of nitriles is 1. The van der Waals surface area contributed by atoms with Crippen LogP contribution in [0.3, 0.4) is 0 Å². The number of carbonyl (C=O) groups is 1. The summed E-state index contributed by atoms with van der Waals surface area (Å²) in [5.74, 6) is 0.00357. The summed E-state index contributed by atoms with van der Waals surface area (Å²) in [6.45, 7) is 21.9. The lowest BCUT2D eigenvalue weighted by Crippen LogP contribution is -2.54. The lowest BCUT2D eigenvalue weighted by Gasteiger charge is -2.42. The van der Waals surface area contributed by atoms with Gasteiger partial charge in [0.1, 0.15) is 18.6 Å². The maximum atomic E-state index is 12.8. The van der Waals surface area contributed by atoms with Gasteiger partial charge in [0.2, 0.25) is 5.60 Å². The largest absolute Gasteiger partial charge is 0.413 e. The number of nitrogens with zero attached hydrogens (tertiary/aromatic N) is 5. The molecule has 42 heavy (non-hydrogen) atoms. The summed E-state index contributed by atoms with van der Waals surface area (Å²) >= 11 is 0. The number of imidazole rings is 1. The van der Waals surface area contributed by atoms with E-state index in [9.17, 15) is 10.1 Å². The molecule has 0 saturated carbocycles. The van der Waals surface area contributed by atoms with Gasteiger partial charge in [-0.1, -0.05) is 59.7 Å². The molecule has 1 aliphatic heterocycles. The Bertz CT molecular complexity index is 1470. The SMILES string of the molecule is CC(C)(C)[Si](C)(C)OC[C@@]1(C#N)O[C@@H](n2cnc3c(NC(=O)c4ccccc4)ncnc32)C[C@@H]1O[Si](C)(C)C(C)(C)C. The highest BCUT2D eigenvalue weighted by Gasteiger charge is 2.55. The number of anilines is 1. The highest BCUT2D eigenvalue weighted by Crippen LogP contribution is 2.46. The van der Waals surface area contributed by atoms with Crippen LogP contribution in [0.5, 0.6) is 0 Å². The van der Waals surface area contributed by atoms with Crippen LogP contribution in [0, 0.1) is 11.3 Å². The van der Waals surface area contributed by atoms with Crippen molar-refractivity contribution in [2.24, 2.45) is 0 Å². The number of amides is 1. The van der Waals surface area contributed by atoms with Crippen LogP contribution in [0.2, 0.25) is 36.3 Å². The highest BCUT2D eigenvalue weighted by molar-refractivity contribution is 6.74. The summed E-state index contributed by atoms with van der Waals surface area (Å²) in [7, 11) is -4.49. The molecule has 0 spiro atoms. The van der Waals surface area contributed by atoms with Crippen molar-refractivity contribution in [3.63, 3.8) is 0 Å². The average Bonchev–Trinajstić information content (AvgIpc) is 3.49. The maximum absolute atomic E-state index is 12.8. The van der Waals surface area contributed by atoms with Crippen LogP contribution in [-0.2, 0) is 13.6 Å². The third-order valence-electron chi connectivity index (χ3n) is 9.11. The molecule has 1 fully saturated rings. The first-order valence-corrected chi connectivity index (χ1v) is 20.2. The third-order valence-corrected chi connectivity index (χ3v) is 18.1. The summed E-state index contributed by atoms with van der Waals surface area (Å²) < 4.78 is 21.9. The molecule has 1 aliphatic rings. The van der Waals surface area contributed by atoms with Gasteiger partial charge >= 0.3 is 0 Å². The molecule has 1 saturated heterocycles. The number of rotatable bonds is 8. The molecular weight excluding hydrogens is 565 g/mol. The predicted octanol–water partition coefficient (Wildman–Crippen LogP) is 6.67. The van der Waals surface area contributed by atoms with E-state index >= 15 is 0 Å². The Hall–Kier alpha value is -2.96. The fraction of sp³-hybridized carbons (Fsp3) is 0.567. The van der Waals surface area contributed by atoms with E-state index in [1.54, 1.807) is 35.2 Å². The average molecular weight is 609 g/mol. The number of hydrogen-bond donors (Lipinski definition) is 1. The quantitative estimate of drug-likeness (QED) is 0.281. The fourth-order valence-electron chi connectivity index (χ4n) is 4.27. The molecule has 0 aliphatic carbocycles. The van der Waals surface area contributed by atoms with Crippen LogP contribution >= 0.6 is 0 Å². The molecule has 3 aromatic rings. The number of nitrogens with one attached hydrogen (secondary N) is 1.